The highest BCUT2D eigenvalue weighted by molar-refractivity contribution is 7.98. The lowest BCUT2D eigenvalue weighted by atomic mass is 9.87. The van der Waals surface area contributed by atoms with Crippen molar-refractivity contribution in [2.45, 2.75) is 51.4 Å². The first kappa shape index (κ1) is 21.4. The van der Waals surface area contributed by atoms with Gasteiger partial charge in [-0.3, -0.25) is 4.79 Å². The van der Waals surface area contributed by atoms with E-state index in [4.69, 9.17) is 4.74 Å². The Kier molecular flexibility index (Phi) is 8.23. The second-order valence-electron chi connectivity index (χ2n) is 7.62. The Morgan fingerprint density at radius 3 is 2.33 bits per heavy atom. The number of benzene rings is 2. The maximum Gasteiger partial charge on any atom is 0.261 e. The molecule has 0 radical (unpaired) electrons. The molecule has 2 rings (SSSR count). The summed E-state index contributed by atoms with van der Waals surface area (Å²) in [6.45, 7) is 9.17. The van der Waals surface area contributed by atoms with Crippen LogP contribution in [0.25, 0.3) is 0 Å². The minimum Gasteiger partial charge on any atom is -0.481 e. The summed E-state index contributed by atoms with van der Waals surface area (Å²) in [4.78, 5) is 12.4. The van der Waals surface area contributed by atoms with Gasteiger partial charge in [0.25, 0.3) is 5.91 Å². The standard InChI is InChI=1S/C23H31NO2S/c1-5-21(26-20-13-11-19(12-14-20)23(2,3)4)22(25)24-15-16-27-17-18-9-7-6-8-10-18/h6-14,21H,5,15-17H2,1-4H3,(H,24,25)/t21-/m1/s1. The van der Waals surface area contributed by atoms with Gasteiger partial charge in [-0.25, -0.2) is 0 Å². The molecule has 0 heterocycles. The molecule has 0 unspecified atom stereocenters. The van der Waals surface area contributed by atoms with Crippen molar-refractivity contribution in [3.63, 3.8) is 0 Å². The van der Waals surface area contributed by atoms with Gasteiger partial charge in [0.1, 0.15) is 5.75 Å². The number of carbonyl (C=O) groups excluding carboxylic acids is 1. The van der Waals surface area contributed by atoms with E-state index < -0.39 is 6.10 Å². The van der Waals surface area contributed by atoms with Gasteiger partial charge in [0, 0.05) is 18.1 Å². The normalized spacial score (nSPS) is 12.4. The number of hydrogen-bond acceptors (Lipinski definition) is 3. The lowest BCUT2D eigenvalue weighted by Crippen LogP contribution is -2.39. The Hall–Kier alpha value is -1.94. The van der Waals surface area contributed by atoms with Gasteiger partial charge in [-0.05, 0) is 35.1 Å². The summed E-state index contributed by atoms with van der Waals surface area (Å²) in [6.07, 6.45) is 0.189. The molecule has 0 aromatic heterocycles. The third-order valence-electron chi connectivity index (χ3n) is 4.32. The van der Waals surface area contributed by atoms with E-state index in [1.165, 1.54) is 11.1 Å². The molecule has 27 heavy (non-hydrogen) atoms. The van der Waals surface area contributed by atoms with Gasteiger partial charge < -0.3 is 10.1 Å². The second kappa shape index (κ2) is 10.4. The van der Waals surface area contributed by atoms with E-state index >= 15 is 0 Å². The average Bonchev–Trinajstić information content (AvgIpc) is 2.66. The molecular weight excluding hydrogens is 354 g/mol. The van der Waals surface area contributed by atoms with Crippen molar-refractivity contribution in [2.75, 3.05) is 12.3 Å². The average molecular weight is 386 g/mol. The van der Waals surface area contributed by atoms with Crippen molar-refractivity contribution >= 4 is 17.7 Å². The van der Waals surface area contributed by atoms with Crippen LogP contribution in [0.3, 0.4) is 0 Å². The number of carbonyl (C=O) groups is 1. The monoisotopic (exact) mass is 385 g/mol. The first-order valence-electron chi connectivity index (χ1n) is 9.56. The summed E-state index contributed by atoms with van der Waals surface area (Å²) >= 11 is 1.82. The van der Waals surface area contributed by atoms with Crippen molar-refractivity contribution in [2.24, 2.45) is 0 Å². The van der Waals surface area contributed by atoms with Crippen molar-refractivity contribution in [1.82, 2.24) is 5.32 Å². The number of ether oxygens (including phenoxy) is 1. The molecule has 2 aromatic carbocycles. The molecule has 0 saturated heterocycles. The minimum atomic E-state index is -0.454. The van der Waals surface area contributed by atoms with E-state index in [0.717, 1.165) is 17.3 Å². The molecule has 4 heteroatoms. The smallest absolute Gasteiger partial charge is 0.261 e. The number of thioether (sulfide) groups is 1. The fourth-order valence-corrected chi connectivity index (χ4v) is 3.46. The summed E-state index contributed by atoms with van der Waals surface area (Å²) in [7, 11) is 0. The van der Waals surface area contributed by atoms with Crippen LogP contribution >= 0.6 is 11.8 Å². The first-order valence-corrected chi connectivity index (χ1v) is 10.7. The van der Waals surface area contributed by atoms with Crippen LogP contribution < -0.4 is 10.1 Å². The third-order valence-corrected chi connectivity index (χ3v) is 5.35. The van der Waals surface area contributed by atoms with Gasteiger partial charge in [-0.1, -0.05) is 70.2 Å². The lowest BCUT2D eigenvalue weighted by molar-refractivity contribution is -0.127. The fraction of sp³-hybridized carbons (Fsp3) is 0.435. The highest BCUT2D eigenvalue weighted by atomic mass is 32.2. The number of amides is 1. The molecule has 1 amide bonds. The van der Waals surface area contributed by atoms with E-state index in [-0.39, 0.29) is 11.3 Å². The number of rotatable bonds is 9. The molecule has 1 atom stereocenters. The molecule has 0 saturated carbocycles. The zero-order valence-electron chi connectivity index (χ0n) is 16.8. The number of nitrogens with one attached hydrogen (secondary N) is 1. The maximum absolute atomic E-state index is 12.4. The predicted octanol–water partition coefficient (Wildman–Crippen LogP) is 5.19. The van der Waals surface area contributed by atoms with Crippen LogP contribution in [0.2, 0.25) is 0 Å². The van der Waals surface area contributed by atoms with Gasteiger partial charge in [0.2, 0.25) is 0 Å². The Morgan fingerprint density at radius 2 is 1.74 bits per heavy atom. The Balaban J connectivity index is 1.74. The summed E-state index contributed by atoms with van der Waals surface area (Å²) in [6, 6.07) is 18.4. The summed E-state index contributed by atoms with van der Waals surface area (Å²) in [5, 5.41) is 2.99. The van der Waals surface area contributed by atoms with E-state index in [2.05, 4.69) is 62.5 Å². The van der Waals surface area contributed by atoms with Gasteiger partial charge in [0.15, 0.2) is 6.10 Å². The lowest BCUT2D eigenvalue weighted by Gasteiger charge is -2.21. The summed E-state index contributed by atoms with van der Waals surface area (Å²) in [5.74, 6) is 2.54. The molecule has 3 nitrogen and oxygen atoms in total. The quantitative estimate of drug-likeness (QED) is 0.604. The minimum absolute atomic E-state index is 0.0438. The topological polar surface area (TPSA) is 38.3 Å². The van der Waals surface area contributed by atoms with E-state index in [9.17, 15) is 4.79 Å². The molecule has 2 aromatic rings. The van der Waals surface area contributed by atoms with Gasteiger partial charge in [-0.2, -0.15) is 11.8 Å². The fourth-order valence-electron chi connectivity index (χ4n) is 2.64. The Bertz CT molecular complexity index is 693. The van der Waals surface area contributed by atoms with Crippen LogP contribution in [0.5, 0.6) is 5.75 Å². The molecule has 0 spiro atoms. The first-order chi connectivity index (χ1) is 12.9. The second-order valence-corrected chi connectivity index (χ2v) is 8.72. The zero-order chi connectivity index (χ0) is 19.7. The van der Waals surface area contributed by atoms with Crippen molar-refractivity contribution in [3.05, 3.63) is 65.7 Å². The van der Waals surface area contributed by atoms with Crippen LogP contribution in [0.1, 0.15) is 45.2 Å². The predicted molar refractivity (Wildman–Crippen MR) is 115 cm³/mol. The van der Waals surface area contributed by atoms with Crippen LogP contribution in [-0.2, 0) is 16.0 Å². The molecule has 0 aliphatic rings. The van der Waals surface area contributed by atoms with E-state index in [1.54, 1.807) is 0 Å². The maximum atomic E-state index is 12.4. The largest absolute Gasteiger partial charge is 0.481 e. The van der Waals surface area contributed by atoms with Gasteiger partial charge in [-0.15, -0.1) is 0 Å². The highest BCUT2D eigenvalue weighted by Crippen LogP contribution is 2.24. The summed E-state index contributed by atoms with van der Waals surface area (Å²) in [5.41, 5.74) is 2.67. The van der Waals surface area contributed by atoms with Crippen molar-refractivity contribution in [1.29, 1.82) is 0 Å². The Morgan fingerprint density at radius 1 is 1.07 bits per heavy atom. The van der Waals surface area contributed by atoms with Crippen LogP contribution in [0, 0.1) is 0 Å². The van der Waals surface area contributed by atoms with E-state index in [0.29, 0.717) is 13.0 Å². The van der Waals surface area contributed by atoms with Gasteiger partial charge in [0.05, 0.1) is 0 Å². The summed E-state index contributed by atoms with van der Waals surface area (Å²) < 4.78 is 5.90. The zero-order valence-corrected chi connectivity index (χ0v) is 17.6. The molecule has 146 valence electrons. The number of hydrogen-bond donors (Lipinski definition) is 1. The molecule has 0 aliphatic heterocycles. The SMILES string of the molecule is CC[C@@H](Oc1ccc(C(C)(C)C)cc1)C(=O)NCCSCc1ccccc1. The Labute approximate surface area is 167 Å². The molecule has 0 aliphatic carbocycles. The van der Waals surface area contributed by atoms with Crippen molar-refractivity contribution < 1.29 is 9.53 Å². The van der Waals surface area contributed by atoms with Crippen LogP contribution in [0.15, 0.2) is 54.6 Å². The van der Waals surface area contributed by atoms with Crippen LogP contribution in [0.4, 0.5) is 0 Å². The molecule has 1 N–H and O–H groups in total. The highest BCUT2D eigenvalue weighted by Gasteiger charge is 2.18. The molecule has 0 fully saturated rings. The third kappa shape index (κ3) is 7.30. The van der Waals surface area contributed by atoms with Crippen molar-refractivity contribution in [3.8, 4) is 5.75 Å². The molecule has 0 bridgehead atoms. The van der Waals surface area contributed by atoms with Crippen LogP contribution in [-0.4, -0.2) is 24.3 Å². The van der Waals surface area contributed by atoms with Gasteiger partial charge >= 0.3 is 0 Å². The molecular formula is C23H31NO2S. The van der Waals surface area contributed by atoms with E-state index in [1.807, 2.05) is 36.9 Å².